The number of benzene rings is 1. The zero-order valence-electron chi connectivity index (χ0n) is 18.7. The van der Waals surface area contributed by atoms with E-state index < -0.39 is 17.8 Å². The highest BCUT2D eigenvalue weighted by atomic mass is 32.2. The molecule has 1 aromatic carbocycles. The van der Waals surface area contributed by atoms with E-state index in [1.165, 1.54) is 31.0 Å². The van der Waals surface area contributed by atoms with Crippen LogP contribution in [0.4, 0.5) is 4.39 Å². The average molecular weight is 462 g/mol. The molecule has 0 aromatic heterocycles. The highest BCUT2D eigenvalue weighted by Gasteiger charge is 2.41. The lowest BCUT2D eigenvalue weighted by molar-refractivity contribution is -0.141. The largest absolute Gasteiger partial charge is 0.460 e. The number of hydrogen-bond acceptors (Lipinski definition) is 7. The van der Waals surface area contributed by atoms with Gasteiger partial charge in [-0.3, -0.25) is 4.79 Å². The van der Waals surface area contributed by atoms with E-state index in [0.29, 0.717) is 27.7 Å². The molecule has 2 heterocycles. The van der Waals surface area contributed by atoms with Crippen molar-refractivity contribution in [1.29, 1.82) is 0 Å². The topological polar surface area (TPSA) is 80.2 Å². The number of carbonyl (C=O) groups excluding carboxylic acids is 2. The number of esters is 1. The van der Waals surface area contributed by atoms with E-state index in [1.54, 1.807) is 19.1 Å². The first-order valence-electron chi connectivity index (χ1n) is 10.5. The summed E-state index contributed by atoms with van der Waals surface area (Å²) in [5.41, 5.74) is 2.08. The van der Waals surface area contributed by atoms with Gasteiger partial charge in [0.05, 0.1) is 30.3 Å². The third kappa shape index (κ3) is 5.39. The zero-order valence-corrected chi connectivity index (χ0v) is 19.5. The minimum absolute atomic E-state index is 0.0547. The number of amidine groups is 1. The molecule has 1 N–H and O–H groups in total. The van der Waals surface area contributed by atoms with Gasteiger partial charge in [-0.25, -0.2) is 14.2 Å². The fourth-order valence-electron chi connectivity index (χ4n) is 3.51. The summed E-state index contributed by atoms with van der Waals surface area (Å²) in [6.45, 7) is 6.03. The third-order valence-electron chi connectivity index (χ3n) is 5.27. The van der Waals surface area contributed by atoms with E-state index in [1.807, 2.05) is 24.2 Å². The van der Waals surface area contributed by atoms with Crippen LogP contribution in [0, 0.1) is 5.82 Å². The number of allylic oxidation sites excluding steroid dienone is 1. The van der Waals surface area contributed by atoms with Gasteiger partial charge in [-0.05, 0) is 43.4 Å². The molecule has 7 nitrogen and oxygen atoms in total. The van der Waals surface area contributed by atoms with Crippen molar-refractivity contribution in [2.24, 2.45) is 4.99 Å². The third-order valence-corrected chi connectivity index (χ3v) is 6.16. The van der Waals surface area contributed by atoms with Gasteiger partial charge >= 0.3 is 5.97 Å². The maximum atomic E-state index is 14.1. The molecule has 2 aliphatic rings. The van der Waals surface area contributed by atoms with Crippen molar-refractivity contribution in [3.8, 4) is 0 Å². The van der Waals surface area contributed by atoms with Gasteiger partial charge in [-0.15, -0.1) is 0 Å². The van der Waals surface area contributed by atoms with Crippen molar-refractivity contribution in [2.75, 3.05) is 20.3 Å². The number of thioether (sulfide) groups is 1. The Balaban J connectivity index is 1.96. The van der Waals surface area contributed by atoms with Crippen molar-refractivity contribution in [3.63, 3.8) is 0 Å². The molecule has 9 heteroatoms. The Labute approximate surface area is 191 Å². The molecule has 0 bridgehead atoms. The summed E-state index contributed by atoms with van der Waals surface area (Å²) < 4.78 is 24.5. The molecule has 0 saturated carbocycles. The number of nitrogens with zero attached hydrogens (tertiary/aromatic N) is 2. The first-order valence-corrected chi connectivity index (χ1v) is 11.4. The quantitative estimate of drug-likeness (QED) is 0.444. The maximum Gasteiger partial charge on any atom is 0.338 e. The number of hydrogen-bond donors (Lipinski definition) is 1. The van der Waals surface area contributed by atoms with E-state index in [0.717, 1.165) is 6.42 Å². The Kier molecular flexibility index (Phi) is 8.09. The van der Waals surface area contributed by atoms with Crippen LogP contribution in [0.15, 0.2) is 51.6 Å². The van der Waals surface area contributed by atoms with Gasteiger partial charge in [-0.2, -0.15) is 0 Å². The minimum Gasteiger partial charge on any atom is -0.460 e. The van der Waals surface area contributed by atoms with Crippen LogP contribution in [0.25, 0.3) is 0 Å². The highest BCUT2D eigenvalue weighted by Crippen LogP contribution is 2.44. The molecule has 1 amide bonds. The monoisotopic (exact) mass is 461 g/mol. The molecule has 2 aliphatic heterocycles. The molecule has 0 radical (unpaired) electrons. The van der Waals surface area contributed by atoms with E-state index in [4.69, 9.17) is 9.47 Å². The van der Waals surface area contributed by atoms with Gasteiger partial charge in [0.15, 0.2) is 5.17 Å². The van der Waals surface area contributed by atoms with Gasteiger partial charge < -0.3 is 19.7 Å². The summed E-state index contributed by atoms with van der Waals surface area (Å²) in [4.78, 5) is 32.0. The molecular formula is C23H28FN3O4S. The Hall–Kier alpha value is -2.65. The van der Waals surface area contributed by atoms with Crippen LogP contribution < -0.4 is 5.32 Å². The van der Waals surface area contributed by atoms with Gasteiger partial charge in [0.2, 0.25) is 5.91 Å². The predicted octanol–water partition coefficient (Wildman–Crippen LogP) is 3.90. The molecule has 172 valence electrons. The first kappa shape index (κ1) is 24.0. The van der Waals surface area contributed by atoms with Gasteiger partial charge in [0.1, 0.15) is 12.4 Å². The molecule has 2 atom stereocenters. The second-order valence-electron chi connectivity index (χ2n) is 7.63. The number of carbonyl (C=O) groups is 2. The lowest BCUT2D eigenvalue weighted by Gasteiger charge is -2.36. The summed E-state index contributed by atoms with van der Waals surface area (Å²) in [5.74, 6) is -1.08. The second-order valence-corrected chi connectivity index (χ2v) is 8.47. The number of fused-ring (bicyclic) bond motifs is 1. The molecule has 3 rings (SSSR count). The average Bonchev–Trinajstić information content (AvgIpc) is 3.14. The van der Waals surface area contributed by atoms with Crippen LogP contribution in [0.3, 0.4) is 0 Å². The molecule has 2 unspecified atom stereocenters. The van der Waals surface area contributed by atoms with Crippen LogP contribution >= 0.6 is 11.8 Å². The number of amides is 1. The number of methoxy groups -OCH3 is 1. The van der Waals surface area contributed by atoms with Crippen molar-refractivity contribution >= 4 is 28.8 Å². The second kappa shape index (κ2) is 10.8. The zero-order chi connectivity index (χ0) is 23.3. The van der Waals surface area contributed by atoms with E-state index in [9.17, 15) is 14.0 Å². The van der Waals surface area contributed by atoms with Gasteiger partial charge in [0, 0.05) is 18.8 Å². The van der Waals surface area contributed by atoms with Crippen LogP contribution in [0.5, 0.6) is 0 Å². The summed E-state index contributed by atoms with van der Waals surface area (Å²) in [6, 6.07) is 5.49. The Bertz CT molecular complexity index is 976. The fraction of sp³-hybridized carbons (Fsp3) is 0.435. The summed E-state index contributed by atoms with van der Waals surface area (Å²) in [5, 5.41) is 5.45. The number of rotatable bonds is 9. The fourth-order valence-corrected chi connectivity index (χ4v) is 4.47. The lowest BCUT2D eigenvalue weighted by atomic mass is 9.93. The minimum atomic E-state index is -0.661. The van der Waals surface area contributed by atoms with Crippen LogP contribution in [0.1, 0.15) is 45.2 Å². The molecule has 32 heavy (non-hydrogen) atoms. The van der Waals surface area contributed by atoms with Crippen molar-refractivity contribution in [1.82, 2.24) is 10.2 Å². The Morgan fingerprint density at radius 2 is 2.12 bits per heavy atom. The number of halogens is 1. The molecule has 0 aliphatic carbocycles. The molecule has 0 fully saturated rings. The Morgan fingerprint density at radius 3 is 2.81 bits per heavy atom. The van der Waals surface area contributed by atoms with Crippen molar-refractivity contribution in [3.05, 3.63) is 58.0 Å². The smallest absolute Gasteiger partial charge is 0.338 e. The number of aliphatic imine (C=N–C) groups is 1. The molecule has 0 saturated heterocycles. The normalized spacial score (nSPS) is 18.7. The van der Waals surface area contributed by atoms with E-state index in [-0.39, 0.29) is 31.6 Å². The molecule has 0 spiro atoms. The van der Waals surface area contributed by atoms with Crippen molar-refractivity contribution < 1.29 is 23.5 Å². The van der Waals surface area contributed by atoms with Crippen LogP contribution in [-0.2, 0) is 19.1 Å². The van der Waals surface area contributed by atoms with Crippen LogP contribution in [0.2, 0.25) is 0 Å². The van der Waals surface area contributed by atoms with Crippen molar-refractivity contribution in [2.45, 2.75) is 45.7 Å². The number of nitrogens with one attached hydrogen (secondary N) is 1. The predicted molar refractivity (Wildman–Crippen MR) is 122 cm³/mol. The molecule has 1 aromatic rings. The summed E-state index contributed by atoms with van der Waals surface area (Å²) in [7, 11) is 1.52. The lowest BCUT2D eigenvalue weighted by Crippen LogP contribution is -2.39. The summed E-state index contributed by atoms with van der Waals surface area (Å²) >= 11 is 1.38. The maximum absolute atomic E-state index is 14.1. The van der Waals surface area contributed by atoms with E-state index in [2.05, 4.69) is 10.3 Å². The SMILES string of the molecule is CCC(C)NC(=O)CC1=CSC2=NC(C)=C(C(=O)OCCOC)C(c3cccc(F)c3)N12. The van der Waals surface area contributed by atoms with Gasteiger partial charge in [-0.1, -0.05) is 30.8 Å². The molecular weight excluding hydrogens is 433 g/mol. The van der Waals surface area contributed by atoms with Gasteiger partial charge in [0.25, 0.3) is 0 Å². The van der Waals surface area contributed by atoms with Crippen LogP contribution in [-0.4, -0.2) is 48.3 Å². The summed E-state index contributed by atoms with van der Waals surface area (Å²) in [6.07, 6.45) is 0.939. The number of ether oxygens (including phenoxy) is 2. The Morgan fingerprint density at radius 1 is 1.34 bits per heavy atom. The standard InChI is InChI=1S/C23H28FN3O4S/c1-5-14(2)25-19(28)12-18-13-32-23-26-15(3)20(22(29)31-10-9-30-4)21(27(18)23)16-7-6-8-17(24)11-16/h6-8,11,13-14,21H,5,9-10,12H2,1-4H3,(H,25,28). The first-order chi connectivity index (χ1) is 15.3. The highest BCUT2D eigenvalue weighted by molar-refractivity contribution is 8.16. The van der Waals surface area contributed by atoms with E-state index >= 15 is 0 Å².